The summed E-state index contributed by atoms with van der Waals surface area (Å²) < 4.78 is 85.9. The molecule has 0 N–H and O–H groups in total. The number of benzene rings is 2. The van der Waals surface area contributed by atoms with Crippen LogP contribution in [-0.4, -0.2) is 30.1 Å². The summed E-state index contributed by atoms with van der Waals surface area (Å²) in [7, 11) is 0. The van der Waals surface area contributed by atoms with Crippen LogP contribution in [0.2, 0.25) is 5.02 Å². The Bertz CT molecular complexity index is 1160. The number of nitrogens with zero attached hydrogens (tertiary/aromatic N) is 2. The predicted octanol–water partition coefficient (Wildman–Crippen LogP) is 6.81. The number of rotatable bonds is 4. The minimum absolute atomic E-state index is 0.0152. The smallest absolute Gasteiger partial charge is 0.376 e. The number of hydrogen-bond donors (Lipinski definition) is 0. The fraction of sp³-hybridized carbons (Fsp3) is 0.333. The topological polar surface area (TPSA) is 42.4 Å². The SMILES string of the molecule is O=C(c1cc(C(F)(F)F)cc(C(F)(F)F)c1)N(CC1CCCO1)c1nc2c(Cl)cccc2s1. The quantitative estimate of drug-likeness (QED) is 0.363. The molecule has 0 radical (unpaired) electrons. The van der Waals surface area contributed by atoms with E-state index in [1.54, 1.807) is 18.2 Å². The second-order valence-electron chi connectivity index (χ2n) is 7.43. The summed E-state index contributed by atoms with van der Waals surface area (Å²) >= 11 is 7.20. The molecular weight excluding hydrogens is 494 g/mol. The number of aromatic nitrogens is 1. The Morgan fingerprint density at radius 2 is 1.79 bits per heavy atom. The number of hydrogen-bond acceptors (Lipinski definition) is 4. The molecule has 0 spiro atoms. The number of amides is 1. The van der Waals surface area contributed by atoms with Gasteiger partial charge in [0, 0.05) is 12.2 Å². The normalized spacial score (nSPS) is 17.0. The van der Waals surface area contributed by atoms with Gasteiger partial charge in [0.25, 0.3) is 5.91 Å². The monoisotopic (exact) mass is 508 g/mol. The summed E-state index contributed by atoms with van der Waals surface area (Å²) in [4.78, 5) is 18.7. The number of ether oxygens (including phenoxy) is 1. The van der Waals surface area contributed by atoms with Crippen LogP contribution in [0.4, 0.5) is 31.5 Å². The van der Waals surface area contributed by atoms with Crippen LogP contribution >= 0.6 is 22.9 Å². The summed E-state index contributed by atoms with van der Waals surface area (Å²) in [6, 6.07) is 5.77. The van der Waals surface area contributed by atoms with Gasteiger partial charge >= 0.3 is 12.4 Å². The zero-order chi connectivity index (χ0) is 24.0. The molecule has 1 saturated heterocycles. The van der Waals surface area contributed by atoms with E-state index in [4.69, 9.17) is 16.3 Å². The molecule has 1 unspecified atom stereocenters. The van der Waals surface area contributed by atoms with Gasteiger partial charge in [0.2, 0.25) is 0 Å². The third-order valence-corrected chi connectivity index (χ3v) is 6.43. The second-order valence-corrected chi connectivity index (χ2v) is 8.84. The molecule has 4 nitrogen and oxygen atoms in total. The van der Waals surface area contributed by atoms with Gasteiger partial charge in [0.05, 0.1) is 33.5 Å². The summed E-state index contributed by atoms with van der Waals surface area (Å²) in [5.74, 6) is -1.04. The number of alkyl halides is 6. The molecule has 0 aliphatic carbocycles. The lowest BCUT2D eigenvalue weighted by molar-refractivity contribution is -0.143. The van der Waals surface area contributed by atoms with E-state index in [0.29, 0.717) is 40.4 Å². The molecule has 1 fully saturated rings. The molecular formula is C21H15ClF6N2O2S. The van der Waals surface area contributed by atoms with Crippen molar-refractivity contribution >= 4 is 44.2 Å². The molecule has 0 bridgehead atoms. The molecule has 0 saturated carbocycles. The first-order valence-corrected chi connectivity index (χ1v) is 10.9. The maximum atomic E-state index is 13.3. The van der Waals surface area contributed by atoms with Crippen molar-refractivity contribution in [2.45, 2.75) is 31.3 Å². The Hall–Kier alpha value is -2.37. The van der Waals surface area contributed by atoms with E-state index < -0.39 is 41.1 Å². The summed E-state index contributed by atoms with van der Waals surface area (Å²) in [5.41, 5.74) is -3.50. The summed E-state index contributed by atoms with van der Waals surface area (Å²) in [6.07, 6.45) is -9.26. The number of carbonyl (C=O) groups is 1. The van der Waals surface area contributed by atoms with Crippen LogP contribution in [0.3, 0.4) is 0 Å². The molecule has 1 aromatic heterocycles. The molecule has 12 heteroatoms. The van der Waals surface area contributed by atoms with Gasteiger partial charge in [-0.1, -0.05) is 29.0 Å². The van der Waals surface area contributed by atoms with E-state index >= 15 is 0 Å². The van der Waals surface area contributed by atoms with Gasteiger partial charge in [0.15, 0.2) is 5.13 Å². The molecule has 1 aliphatic rings. The lowest BCUT2D eigenvalue weighted by Gasteiger charge is -2.24. The average molecular weight is 509 g/mol. The van der Waals surface area contributed by atoms with E-state index in [2.05, 4.69) is 4.98 Å². The third kappa shape index (κ3) is 5.10. The zero-order valence-electron chi connectivity index (χ0n) is 16.6. The Morgan fingerprint density at radius 3 is 2.33 bits per heavy atom. The minimum atomic E-state index is -5.07. The Kier molecular flexibility index (Phi) is 6.32. The molecule has 2 heterocycles. The van der Waals surface area contributed by atoms with Crippen LogP contribution in [-0.2, 0) is 17.1 Å². The summed E-state index contributed by atoms with van der Waals surface area (Å²) in [5, 5.41) is 0.405. The van der Waals surface area contributed by atoms with Gasteiger partial charge in [-0.3, -0.25) is 9.69 Å². The lowest BCUT2D eigenvalue weighted by atomic mass is 10.0. The van der Waals surface area contributed by atoms with Crippen LogP contribution in [0.15, 0.2) is 36.4 Å². The second kappa shape index (κ2) is 8.77. The van der Waals surface area contributed by atoms with E-state index in [0.717, 1.165) is 22.7 Å². The first-order valence-electron chi connectivity index (χ1n) is 9.71. The molecule has 176 valence electrons. The number of halogens is 7. The highest BCUT2D eigenvalue weighted by molar-refractivity contribution is 7.22. The fourth-order valence-electron chi connectivity index (χ4n) is 3.49. The fourth-order valence-corrected chi connectivity index (χ4v) is 4.77. The van der Waals surface area contributed by atoms with E-state index in [1.165, 1.54) is 0 Å². The zero-order valence-corrected chi connectivity index (χ0v) is 18.2. The minimum Gasteiger partial charge on any atom is -0.376 e. The lowest BCUT2D eigenvalue weighted by Crippen LogP contribution is -2.37. The van der Waals surface area contributed by atoms with Gasteiger partial charge in [0.1, 0.15) is 5.52 Å². The van der Waals surface area contributed by atoms with Gasteiger partial charge in [-0.25, -0.2) is 4.98 Å². The largest absolute Gasteiger partial charge is 0.416 e. The Labute approximate surface area is 192 Å². The van der Waals surface area contributed by atoms with E-state index in [1.807, 2.05) is 0 Å². The molecule has 1 amide bonds. The highest BCUT2D eigenvalue weighted by Gasteiger charge is 2.38. The van der Waals surface area contributed by atoms with Gasteiger partial charge < -0.3 is 4.74 Å². The van der Waals surface area contributed by atoms with Gasteiger partial charge in [-0.2, -0.15) is 26.3 Å². The first kappa shape index (κ1) is 23.8. The van der Waals surface area contributed by atoms with Crippen molar-refractivity contribution in [2.24, 2.45) is 0 Å². The van der Waals surface area contributed by atoms with Crippen molar-refractivity contribution in [1.29, 1.82) is 0 Å². The standard InChI is InChI=1S/C21H15ClF6N2O2S/c22-15-4-1-5-16-17(15)29-19(33-16)30(10-14-3-2-6-32-14)18(31)11-7-12(20(23,24)25)9-13(8-11)21(26,27)28/h1,4-5,7-9,14H,2-3,6,10H2. The maximum absolute atomic E-state index is 13.3. The van der Waals surface area contributed by atoms with Crippen LogP contribution < -0.4 is 4.90 Å². The number of carbonyl (C=O) groups excluding carboxylic acids is 1. The van der Waals surface area contributed by atoms with Crippen LogP contribution in [0.25, 0.3) is 10.2 Å². The number of para-hydroxylation sites is 1. The third-order valence-electron chi connectivity index (χ3n) is 5.08. The van der Waals surface area contributed by atoms with Crippen molar-refractivity contribution < 1.29 is 35.9 Å². The number of fused-ring (bicyclic) bond motifs is 1. The van der Waals surface area contributed by atoms with Crippen LogP contribution in [0.5, 0.6) is 0 Å². The average Bonchev–Trinajstić information content (AvgIpc) is 3.40. The van der Waals surface area contributed by atoms with Crippen molar-refractivity contribution in [3.8, 4) is 0 Å². The van der Waals surface area contributed by atoms with Crippen molar-refractivity contribution in [1.82, 2.24) is 4.98 Å². The van der Waals surface area contributed by atoms with E-state index in [-0.39, 0.29) is 17.7 Å². The highest BCUT2D eigenvalue weighted by atomic mass is 35.5. The number of anilines is 1. The van der Waals surface area contributed by atoms with Gasteiger partial charge in [-0.05, 0) is 43.2 Å². The van der Waals surface area contributed by atoms with Crippen molar-refractivity contribution in [2.75, 3.05) is 18.1 Å². The molecule has 1 atom stereocenters. The molecule has 3 aromatic rings. The van der Waals surface area contributed by atoms with Gasteiger partial charge in [-0.15, -0.1) is 0 Å². The van der Waals surface area contributed by atoms with Crippen LogP contribution in [0, 0.1) is 0 Å². The predicted molar refractivity (Wildman–Crippen MR) is 112 cm³/mol. The maximum Gasteiger partial charge on any atom is 0.416 e. The Morgan fingerprint density at radius 1 is 1.12 bits per heavy atom. The van der Waals surface area contributed by atoms with E-state index in [9.17, 15) is 31.1 Å². The molecule has 2 aromatic carbocycles. The molecule has 1 aliphatic heterocycles. The highest BCUT2D eigenvalue weighted by Crippen LogP contribution is 2.38. The van der Waals surface area contributed by atoms with Crippen molar-refractivity contribution in [3.63, 3.8) is 0 Å². The summed E-state index contributed by atoms with van der Waals surface area (Å²) in [6.45, 7) is 0.369. The van der Waals surface area contributed by atoms with Crippen LogP contribution in [0.1, 0.15) is 34.3 Å². The molecule has 33 heavy (non-hydrogen) atoms. The number of thiazole rings is 1. The molecule has 4 rings (SSSR count). The Balaban J connectivity index is 1.81. The first-order chi connectivity index (χ1) is 15.4. The van der Waals surface area contributed by atoms with Crippen molar-refractivity contribution in [3.05, 3.63) is 58.1 Å².